The van der Waals surface area contributed by atoms with Crippen molar-refractivity contribution in [3.8, 4) is 0 Å². The third-order valence-electron chi connectivity index (χ3n) is 4.58. The van der Waals surface area contributed by atoms with E-state index in [2.05, 4.69) is 13.1 Å². The Labute approximate surface area is 151 Å². The molecular weight excluding hydrogens is 370 g/mol. The third kappa shape index (κ3) is 4.61. The Morgan fingerprint density at radius 1 is 0.923 bits per heavy atom. The van der Waals surface area contributed by atoms with E-state index in [-0.39, 0.29) is 11.6 Å². The van der Waals surface area contributed by atoms with Gasteiger partial charge in [-0.15, -0.1) is 0 Å². The molecule has 1 aromatic rings. The number of rotatable bonds is 5. The first kappa shape index (κ1) is 20.8. The van der Waals surface area contributed by atoms with Crippen molar-refractivity contribution in [2.75, 3.05) is 0 Å². The lowest BCUT2D eigenvalue weighted by atomic mass is 9.94. The minimum Gasteiger partial charge on any atom is -0.166 e. The van der Waals surface area contributed by atoms with Crippen LogP contribution in [-0.4, -0.2) is 8.80 Å². The average Bonchev–Trinajstić information content (AvgIpc) is 2.94. The Morgan fingerprint density at radius 2 is 1.46 bits per heavy atom. The minimum atomic E-state index is -4.82. The summed E-state index contributed by atoms with van der Waals surface area (Å²) in [7, 11) is -1.22. The van der Waals surface area contributed by atoms with E-state index in [1.165, 1.54) is 5.20 Å². The Hall–Kier alpha value is -1.50. The minimum absolute atomic E-state index is 0.0409. The zero-order valence-electron chi connectivity index (χ0n) is 15.0. The quantitative estimate of drug-likeness (QED) is 0.373. The SMILES string of the molecule is CCCCC1=C(c2cc(C(F)(F)F)cc(C(F)(F)F)c2)CC=C1[SiH](C)C. The fraction of sp³-hybridized carbons (Fsp3) is 0.474. The maximum atomic E-state index is 13.1. The van der Waals surface area contributed by atoms with E-state index in [0.29, 0.717) is 18.4 Å². The highest BCUT2D eigenvalue weighted by Crippen LogP contribution is 2.42. The largest absolute Gasteiger partial charge is 0.416 e. The molecule has 0 saturated heterocycles. The van der Waals surface area contributed by atoms with Crippen molar-refractivity contribution in [3.63, 3.8) is 0 Å². The van der Waals surface area contributed by atoms with Gasteiger partial charge in [0.15, 0.2) is 0 Å². The van der Waals surface area contributed by atoms with Gasteiger partial charge < -0.3 is 0 Å². The van der Waals surface area contributed by atoms with Crippen molar-refractivity contribution in [1.29, 1.82) is 0 Å². The molecule has 0 N–H and O–H groups in total. The number of hydrogen-bond acceptors (Lipinski definition) is 0. The lowest BCUT2D eigenvalue weighted by Gasteiger charge is -2.17. The lowest BCUT2D eigenvalue weighted by molar-refractivity contribution is -0.143. The van der Waals surface area contributed by atoms with Gasteiger partial charge in [0.25, 0.3) is 0 Å². The molecule has 0 heterocycles. The molecule has 2 rings (SSSR count). The highest BCUT2D eigenvalue weighted by molar-refractivity contribution is 6.65. The summed E-state index contributed by atoms with van der Waals surface area (Å²) in [5, 5.41) is 1.17. The molecule has 0 spiro atoms. The lowest BCUT2D eigenvalue weighted by Crippen LogP contribution is -2.12. The van der Waals surface area contributed by atoms with Crippen LogP contribution in [0.5, 0.6) is 0 Å². The highest BCUT2D eigenvalue weighted by Gasteiger charge is 2.37. The van der Waals surface area contributed by atoms with Gasteiger partial charge in [0.05, 0.1) is 19.9 Å². The molecule has 1 aromatic carbocycles. The molecule has 0 bridgehead atoms. The average molecular weight is 392 g/mol. The van der Waals surface area contributed by atoms with Crippen LogP contribution in [-0.2, 0) is 12.4 Å². The fourth-order valence-corrected chi connectivity index (χ4v) is 4.89. The molecular formula is C19H22F6Si. The van der Waals surface area contributed by atoms with Crippen LogP contribution >= 0.6 is 0 Å². The van der Waals surface area contributed by atoms with E-state index in [1.54, 1.807) is 0 Å². The topological polar surface area (TPSA) is 0 Å². The van der Waals surface area contributed by atoms with Gasteiger partial charge in [-0.2, -0.15) is 26.3 Å². The van der Waals surface area contributed by atoms with Crippen molar-refractivity contribution < 1.29 is 26.3 Å². The fourth-order valence-electron chi connectivity index (χ4n) is 3.29. The molecule has 26 heavy (non-hydrogen) atoms. The van der Waals surface area contributed by atoms with Gasteiger partial charge in [0.1, 0.15) is 0 Å². The van der Waals surface area contributed by atoms with Crippen molar-refractivity contribution in [1.82, 2.24) is 0 Å². The van der Waals surface area contributed by atoms with Gasteiger partial charge in [-0.1, -0.05) is 37.7 Å². The summed E-state index contributed by atoms with van der Waals surface area (Å²) in [5.74, 6) is 0. The zero-order valence-corrected chi connectivity index (χ0v) is 16.1. The first-order valence-corrected chi connectivity index (χ1v) is 11.6. The molecule has 0 amide bonds. The van der Waals surface area contributed by atoms with Gasteiger partial charge in [-0.05, 0) is 54.2 Å². The third-order valence-corrected chi connectivity index (χ3v) is 6.41. The predicted molar refractivity (Wildman–Crippen MR) is 94.5 cm³/mol. The predicted octanol–water partition coefficient (Wildman–Crippen LogP) is 7.02. The second-order valence-electron chi connectivity index (χ2n) is 6.87. The summed E-state index contributed by atoms with van der Waals surface area (Å²) in [6.07, 6.45) is -4.77. The van der Waals surface area contributed by atoms with E-state index in [1.807, 2.05) is 13.0 Å². The Kier molecular flexibility index (Phi) is 6.10. The number of allylic oxidation sites excluding steroid dienone is 4. The normalized spacial score (nSPS) is 15.8. The highest BCUT2D eigenvalue weighted by atomic mass is 28.3. The standard InChI is InChI=1S/C19H22F6Si/c1-4-5-6-16-15(7-8-17(16)26(2)3)12-9-13(18(20,21)22)11-14(10-12)19(23,24)25/h8-11,26H,4-7H2,1-3H3. The van der Waals surface area contributed by atoms with Gasteiger partial charge in [-0.3, -0.25) is 0 Å². The molecule has 7 heteroatoms. The maximum Gasteiger partial charge on any atom is 0.416 e. The molecule has 0 fully saturated rings. The monoisotopic (exact) mass is 392 g/mol. The molecule has 0 atom stereocenters. The zero-order chi connectivity index (χ0) is 19.7. The number of hydrogen-bond donors (Lipinski definition) is 0. The number of alkyl halides is 6. The van der Waals surface area contributed by atoms with Crippen LogP contribution < -0.4 is 0 Å². The van der Waals surface area contributed by atoms with Crippen molar-refractivity contribution >= 4 is 14.4 Å². The van der Waals surface area contributed by atoms with Crippen LogP contribution in [0.25, 0.3) is 5.57 Å². The van der Waals surface area contributed by atoms with Gasteiger partial charge in [-0.25, -0.2) is 0 Å². The first-order valence-electron chi connectivity index (χ1n) is 8.67. The van der Waals surface area contributed by atoms with E-state index in [0.717, 1.165) is 30.5 Å². The summed E-state index contributed by atoms with van der Waals surface area (Å²) in [5.41, 5.74) is -0.883. The molecule has 1 aliphatic rings. The first-order chi connectivity index (χ1) is 11.9. The Balaban J connectivity index is 2.63. The van der Waals surface area contributed by atoms with Crippen molar-refractivity contribution in [3.05, 3.63) is 51.7 Å². The summed E-state index contributed by atoms with van der Waals surface area (Å²) < 4.78 is 78.8. The molecule has 0 aromatic heterocycles. The molecule has 0 radical (unpaired) electrons. The van der Waals surface area contributed by atoms with Crippen LogP contribution in [0.3, 0.4) is 0 Å². The van der Waals surface area contributed by atoms with Crippen molar-refractivity contribution in [2.24, 2.45) is 0 Å². The Morgan fingerprint density at radius 3 is 1.88 bits per heavy atom. The van der Waals surface area contributed by atoms with Gasteiger partial charge in [0.2, 0.25) is 0 Å². The van der Waals surface area contributed by atoms with Gasteiger partial charge in [0, 0.05) is 0 Å². The smallest absolute Gasteiger partial charge is 0.166 e. The molecule has 0 saturated carbocycles. The van der Waals surface area contributed by atoms with Crippen LogP contribution in [0.2, 0.25) is 13.1 Å². The van der Waals surface area contributed by atoms with E-state index < -0.39 is 32.3 Å². The van der Waals surface area contributed by atoms with E-state index in [4.69, 9.17) is 0 Å². The van der Waals surface area contributed by atoms with Crippen LogP contribution in [0.4, 0.5) is 26.3 Å². The number of unbranched alkanes of at least 4 members (excludes halogenated alkanes) is 1. The van der Waals surface area contributed by atoms with Crippen molar-refractivity contribution in [2.45, 2.75) is 58.1 Å². The van der Waals surface area contributed by atoms with E-state index >= 15 is 0 Å². The number of benzene rings is 1. The molecule has 144 valence electrons. The Bertz CT molecular complexity index is 690. The molecule has 0 unspecified atom stereocenters. The molecule has 0 aliphatic heterocycles. The maximum absolute atomic E-state index is 13.1. The van der Waals surface area contributed by atoms with E-state index in [9.17, 15) is 26.3 Å². The second kappa shape index (κ2) is 7.62. The summed E-state index contributed by atoms with van der Waals surface area (Å²) >= 11 is 0. The van der Waals surface area contributed by atoms with Gasteiger partial charge >= 0.3 is 12.4 Å². The second-order valence-corrected chi connectivity index (χ2v) is 9.80. The summed E-state index contributed by atoms with van der Waals surface area (Å²) in [6, 6.07) is 1.90. The molecule has 0 nitrogen and oxygen atoms in total. The van der Waals surface area contributed by atoms with Crippen LogP contribution in [0, 0.1) is 0 Å². The van der Waals surface area contributed by atoms with Crippen LogP contribution in [0.1, 0.15) is 49.3 Å². The summed E-state index contributed by atoms with van der Waals surface area (Å²) in [6.45, 7) is 6.25. The summed E-state index contributed by atoms with van der Waals surface area (Å²) in [4.78, 5) is 0. The number of halogens is 6. The van der Waals surface area contributed by atoms with Crippen LogP contribution in [0.15, 0.2) is 35.0 Å². The molecule has 1 aliphatic carbocycles.